The molecule has 0 aliphatic heterocycles. The summed E-state index contributed by atoms with van der Waals surface area (Å²) in [6, 6.07) is 6.76. The first-order valence-electron chi connectivity index (χ1n) is 8.06. The summed E-state index contributed by atoms with van der Waals surface area (Å²) in [7, 11) is 0. The molecule has 0 amide bonds. The molecular weight excluding hydrogens is 265 g/mol. The molecule has 1 aliphatic carbocycles. The van der Waals surface area contributed by atoms with Crippen molar-refractivity contribution in [2.24, 2.45) is 5.92 Å². The van der Waals surface area contributed by atoms with Gasteiger partial charge in [0.2, 0.25) is 0 Å². The molecule has 1 aromatic carbocycles. The SMILES string of the molecule is CC(C)(C)NCC(OCCC1CCC1)c1cccc(F)c1. The second kappa shape index (κ2) is 7.37. The van der Waals surface area contributed by atoms with Crippen LogP contribution in [0.25, 0.3) is 0 Å². The van der Waals surface area contributed by atoms with E-state index in [1.165, 1.54) is 25.3 Å². The summed E-state index contributed by atoms with van der Waals surface area (Å²) in [4.78, 5) is 0. The van der Waals surface area contributed by atoms with Crippen molar-refractivity contribution >= 4 is 0 Å². The highest BCUT2D eigenvalue weighted by atomic mass is 19.1. The quantitative estimate of drug-likeness (QED) is 0.801. The molecule has 0 bridgehead atoms. The Bertz CT molecular complexity index is 437. The van der Waals surface area contributed by atoms with Crippen molar-refractivity contribution in [2.45, 2.75) is 58.1 Å². The minimum atomic E-state index is -0.198. The fraction of sp³-hybridized carbons (Fsp3) is 0.667. The van der Waals surface area contributed by atoms with E-state index in [1.807, 2.05) is 6.07 Å². The number of hydrogen-bond acceptors (Lipinski definition) is 2. The van der Waals surface area contributed by atoms with E-state index in [-0.39, 0.29) is 17.5 Å². The lowest BCUT2D eigenvalue weighted by Crippen LogP contribution is -2.39. The predicted molar refractivity (Wildman–Crippen MR) is 84.8 cm³/mol. The van der Waals surface area contributed by atoms with Crippen LogP contribution in [0.1, 0.15) is 58.1 Å². The third-order valence-electron chi connectivity index (χ3n) is 4.11. The van der Waals surface area contributed by atoms with Crippen LogP contribution in [-0.4, -0.2) is 18.7 Å². The Balaban J connectivity index is 1.91. The van der Waals surface area contributed by atoms with E-state index in [2.05, 4.69) is 26.1 Å². The van der Waals surface area contributed by atoms with Crippen LogP contribution in [0, 0.1) is 11.7 Å². The van der Waals surface area contributed by atoms with Crippen LogP contribution in [0.5, 0.6) is 0 Å². The monoisotopic (exact) mass is 293 g/mol. The summed E-state index contributed by atoms with van der Waals surface area (Å²) in [6.45, 7) is 7.85. The number of nitrogens with one attached hydrogen (secondary N) is 1. The highest BCUT2D eigenvalue weighted by Crippen LogP contribution is 2.30. The molecule has 0 spiro atoms. The summed E-state index contributed by atoms with van der Waals surface area (Å²) in [5.41, 5.74) is 0.948. The zero-order chi connectivity index (χ0) is 15.3. The Kier molecular flexibility index (Phi) is 5.77. The van der Waals surface area contributed by atoms with Gasteiger partial charge >= 0.3 is 0 Å². The molecule has 21 heavy (non-hydrogen) atoms. The number of rotatable bonds is 7. The molecule has 1 N–H and O–H groups in total. The molecule has 118 valence electrons. The molecule has 1 fully saturated rings. The first-order valence-corrected chi connectivity index (χ1v) is 8.06. The van der Waals surface area contributed by atoms with Crippen LogP contribution < -0.4 is 5.32 Å². The molecule has 1 saturated carbocycles. The number of hydrogen-bond donors (Lipinski definition) is 1. The minimum absolute atomic E-state index is 0.0307. The molecule has 1 aromatic rings. The van der Waals surface area contributed by atoms with Crippen LogP contribution in [-0.2, 0) is 4.74 Å². The van der Waals surface area contributed by atoms with Crippen molar-refractivity contribution in [2.75, 3.05) is 13.2 Å². The Morgan fingerprint density at radius 2 is 2.10 bits per heavy atom. The fourth-order valence-electron chi connectivity index (χ4n) is 2.54. The number of halogens is 1. The van der Waals surface area contributed by atoms with Crippen LogP contribution in [0.15, 0.2) is 24.3 Å². The lowest BCUT2D eigenvalue weighted by Gasteiger charge is -2.28. The number of benzene rings is 1. The van der Waals surface area contributed by atoms with Gasteiger partial charge in [-0.1, -0.05) is 31.4 Å². The molecule has 2 nitrogen and oxygen atoms in total. The van der Waals surface area contributed by atoms with Crippen molar-refractivity contribution in [3.63, 3.8) is 0 Å². The van der Waals surface area contributed by atoms with Gasteiger partial charge in [-0.15, -0.1) is 0 Å². The Morgan fingerprint density at radius 3 is 2.67 bits per heavy atom. The van der Waals surface area contributed by atoms with E-state index in [4.69, 9.17) is 4.74 Å². The smallest absolute Gasteiger partial charge is 0.123 e. The van der Waals surface area contributed by atoms with Crippen molar-refractivity contribution in [3.8, 4) is 0 Å². The Morgan fingerprint density at radius 1 is 1.33 bits per heavy atom. The summed E-state index contributed by atoms with van der Waals surface area (Å²) in [5, 5.41) is 3.46. The molecule has 3 heteroatoms. The first kappa shape index (κ1) is 16.4. The predicted octanol–water partition coefficient (Wildman–Crippen LogP) is 4.46. The maximum absolute atomic E-state index is 13.4. The van der Waals surface area contributed by atoms with Crippen LogP contribution in [0.3, 0.4) is 0 Å². The average molecular weight is 293 g/mol. The zero-order valence-corrected chi connectivity index (χ0v) is 13.5. The van der Waals surface area contributed by atoms with E-state index in [0.29, 0.717) is 6.54 Å². The summed E-state index contributed by atoms with van der Waals surface area (Å²) >= 11 is 0. The summed E-state index contributed by atoms with van der Waals surface area (Å²) in [5.74, 6) is 0.643. The van der Waals surface area contributed by atoms with Gasteiger partial charge in [-0.05, 0) is 50.8 Å². The van der Waals surface area contributed by atoms with Crippen LogP contribution >= 0.6 is 0 Å². The maximum atomic E-state index is 13.4. The van der Waals surface area contributed by atoms with Gasteiger partial charge in [0, 0.05) is 18.7 Å². The minimum Gasteiger partial charge on any atom is -0.372 e. The lowest BCUT2D eigenvalue weighted by molar-refractivity contribution is 0.0334. The standard InChI is InChI=1S/C18H28FNO/c1-18(2,3)20-13-17(15-8-5-9-16(19)12-15)21-11-10-14-6-4-7-14/h5,8-9,12,14,17,20H,4,6-7,10-11,13H2,1-3H3. The molecule has 1 unspecified atom stereocenters. The van der Waals surface area contributed by atoms with Crippen LogP contribution in [0.4, 0.5) is 4.39 Å². The largest absolute Gasteiger partial charge is 0.372 e. The molecule has 1 atom stereocenters. The van der Waals surface area contributed by atoms with Crippen molar-refractivity contribution in [3.05, 3.63) is 35.6 Å². The highest BCUT2D eigenvalue weighted by molar-refractivity contribution is 5.19. The van der Waals surface area contributed by atoms with Crippen LogP contribution in [0.2, 0.25) is 0 Å². The molecule has 0 aromatic heterocycles. The van der Waals surface area contributed by atoms with Crippen molar-refractivity contribution in [1.82, 2.24) is 5.32 Å². The summed E-state index contributed by atoms with van der Waals surface area (Å²) < 4.78 is 19.5. The van der Waals surface area contributed by atoms with Gasteiger partial charge in [0.15, 0.2) is 0 Å². The molecular formula is C18H28FNO. The van der Waals surface area contributed by atoms with E-state index in [1.54, 1.807) is 12.1 Å². The third-order valence-corrected chi connectivity index (χ3v) is 4.11. The van der Waals surface area contributed by atoms with Gasteiger partial charge in [0.25, 0.3) is 0 Å². The molecule has 2 rings (SSSR count). The van der Waals surface area contributed by atoms with Gasteiger partial charge in [0.05, 0.1) is 6.10 Å². The fourth-order valence-corrected chi connectivity index (χ4v) is 2.54. The third kappa shape index (κ3) is 5.76. The van der Waals surface area contributed by atoms with E-state index in [0.717, 1.165) is 24.5 Å². The summed E-state index contributed by atoms with van der Waals surface area (Å²) in [6.07, 6.45) is 5.09. The zero-order valence-electron chi connectivity index (χ0n) is 13.5. The van der Waals surface area contributed by atoms with E-state index in [9.17, 15) is 4.39 Å². The number of ether oxygens (including phenoxy) is 1. The van der Waals surface area contributed by atoms with Crippen molar-refractivity contribution < 1.29 is 9.13 Å². The second-order valence-electron chi connectivity index (χ2n) is 7.13. The van der Waals surface area contributed by atoms with E-state index < -0.39 is 0 Å². The van der Waals surface area contributed by atoms with Gasteiger partial charge < -0.3 is 10.1 Å². The average Bonchev–Trinajstić information content (AvgIpc) is 2.34. The first-order chi connectivity index (χ1) is 9.94. The van der Waals surface area contributed by atoms with E-state index >= 15 is 0 Å². The molecule has 0 radical (unpaired) electrons. The van der Waals surface area contributed by atoms with Crippen molar-refractivity contribution in [1.29, 1.82) is 0 Å². The normalized spacial score (nSPS) is 17.5. The molecule has 1 aliphatic rings. The van der Waals surface area contributed by atoms with Gasteiger partial charge in [0.1, 0.15) is 5.82 Å². The topological polar surface area (TPSA) is 21.3 Å². The van der Waals surface area contributed by atoms with Gasteiger partial charge in [-0.2, -0.15) is 0 Å². The maximum Gasteiger partial charge on any atom is 0.123 e. The van der Waals surface area contributed by atoms with Gasteiger partial charge in [-0.25, -0.2) is 4.39 Å². The Hall–Kier alpha value is -0.930. The van der Waals surface area contributed by atoms with Gasteiger partial charge in [-0.3, -0.25) is 0 Å². The Labute approximate surface area is 128 Å². The highest BCUT2D eigenvalue weighted by Gasteiger charge is 2.20. The molecule has 0 saturated heterocycles. The lowest BCUT2D eigenvalue weighted by atomic mass is 9.83. The second-order valence-corrected chi connectivity index (χ2v) is 7.13. The molecule has 0 heterocycles.